The maximum Gasteiger partial charge on any atom is 0.310 e. The molecular formula is C9H8BrF2NO3. The predicted molar refractivity (Wildman–Crippen MR) is 55.4 cm³/mol. The van der Waals surface area contributed by atoms with Gasteiger partial charge in [0.05, 0.1) is 23.7 Å². The van der Waals surface area contributed by atoms with Crippen molar-refractivity contribution < 1.29 is 18.3 Å². The van der Waals surface area contributed by atoms with Crippen LogP contribution in [0.15, 0.2) is 15.3 Å². The van der Waals surface area contributed by atoms with E-state index in [0.717, 1.165) is 6.07 Å². The number of hydrogen-bond donors (Lipinski definition) is 1. The Balaban J connectivity index is 3.17. The van der Waals surface area contributed by atoms with Gasteiger partial charge in [-0.1, -0.05) is 0 Å². The molecule has 1 N–H and O–H groups in total. The van der Waals surface area contributed by atoms with E-state index in [9.17, 15) is 18.4 Å². The van der Waals surface area contributed by atoms with E-state index in [4.69, 9.17) is 0 Å². The molecule has 0 aliphatic heterocycles. The predicted octanol–water partition coefficient (Wildman–Crippen LogP) is 1.79. The van der Waals surface area contributed by atoms with Crippen LogP contribution >= 0.6 is 15.9 Å². The first-order chi connectivity index (χ1) is 7.45. The molecule has 1 heterocycles. The number of ether oxygens (including phenoxy) is 1. The monoisotopic (exact) mass is 295 g/mol. The molecule has 4 nitrogen and oxygen atoms in total. The lowest BCUT2D eigenvalue weighted by Gasteiger charge is -2.05. The Morgan fingerprint density at radius 3 is 2.75 bits per heavy atom. The second-order valence-corrected chi connectivity index (χ2v) is 3.74. The second kappa shape index (κ2) is 5.20. The Hall–Kier alpha value is -1.24. The van der Waals surface area contributed by atoms with Crippen molar-refractivity contribution in [2.24, 2.45) is 0 Å². The van der Waals surface area contributed by atoms with Gasteiger partial charge in [-0.15, -0.1) is 0 Å². The highest BCUT2D eigenvalue weighted by atomic mass is 79.9. The number of pyridine rings is 1. The lowest BCUT2D eigenvalue weighted by Crippen LogP contribution is -2.15. The molecule has 0 atom stereocenters. The van der Waals surface area contributed by atoms with Crippen molar-refractivity contribution in [2.75, 3.05) is 7.11 Å². The molecule has 16 heavy (non-hydrogen) atoms. The first kappa shape index (κ1) is 12.8. The van der Waals surface area contributed by atoms with Crippen LogP contribution in [0, 0.1) is 0 Å². The van der Waals surface area contributed by atoms with Crippen LogP contribution in [0.4, 0.5) is 8.78 Å². The minimum absolute atomic E-state index is 0.0577. The van der Waals surface area contributed by atoms with E-state index in [0.29, 0.717) is 0 Å². The zero-order valence-corrected chi connectivity index (χ0v) is 9.81. The van der Waals surface area contributed by atoms with Crippen LogP contribution in [0.3, 0.4) is 0 Å². The van der Waals surface area contributed by atoms with E-state index < -0.39 is 23.6 Å². The van der Waals surface area contributed by atoms with Crippen molar-refractivity contribution in [1.82, 2.24) is 4.98 Å². The number of aromatic amines is 1. The summed E-state index contributed by atoms with van der Waals surface area (Å²) in [6, 6.07) is 1.06. The molecule has 7 heteroatoms. The third-order valence-electron chi connectivity index (χ3n) is 1.87. The molecule has 1 rings (SSSR count). The minimum Gasteiger partial charge on any atom is -0.469 e. The number of halogens is 3. The highest BCUT2D eigenvalue weighted by Crippen LogP contribution is 2.20. The molecule has 0 bridgehead atoms. The summed E-state index contributed by atoms with van der Waals surface area (Å²) in [4.78, 5) is 24.2. The van der Waals surface area contributed by atoms with E-state index >= 15 is 0 Å². The van der Waals surface area contributed by atoms with Gasteiger partial charge in [-0.05, 0) is 27.6 Å². The number of hydrogen-bond acceptors (Lipinski definition) is 3. The Kier molecular flexibility index (Phi) is 4.17. The molecule has 0 radical (unpaired) electrons. The molecule has 88 valence electrons. The maximum atomic E-state index is 12.4. The van der Waals surface area contributed by atoms with Gasteiger partial charge in [0.15, 0.2) is 0 Å². The fraction of sp³-hybridized carbons (Fsp3) is 0.333. The van der Waals surface area contributed by atoms with Crippen LogP contribution in [0.5, 0.6) is 0 Å². The largest absolute Gasteiger partial charge is 0.469 e. The Morgan fingerprint density at radius 2 is 2.25 bits per heavy atom. The minimum atomic E-state index is -2.79. The lowest BCUT2D eigenvalue weighted by molar-refractivity contribution is -0.139. The molecule has 1 aromatic rings. The van der Waals surface area contributed by atoms with E-state index in [1.165, 1.54) is 7.11 Å². The number of alkyl halides is 2. The van der Waals surface area contributed by atoms with Gasteiger partial charge in [0.2, 0.25) is 0 Å². The highest BCUT2D eigenvalue weighted by Gasteiger charge is 2.15. The molecule has 0 amide bonds. The van der Waals surface area contributed by atoms with Gasteiger partial charge in [-0.25, -0.2) is 8.78 Å². The van der Waals surface area contributed by atoms with Crippen molar-refractivity contribution >= 4 is 21.9 Å². The molecule has 0 saturated heterocycles. The van der Waals surface area contributed by atoms with Gasteiger partial charge in [-0.3, -0.25) is 9.59 Å². The Bertz CT molecular complexity index is 459. The van der Waals surface area contributed by atoms with E-state index in [1.807, 2.05) is 4.98 Å². The van der Waals surface area contributed by atoms with Crippen molar-refractivity contribution in [2.45, 2.75) is 12.8 Å². The summed E-state index contributed by atoms with van der Waals surface area (Å²) in [5.41, 5.74) is -1.05. The fourth-order valence-corrected chi connectivity index (χ4v) is 1.45. The summed E-state index contributed by atoms with van der Waals surface area (Å²) >= 11 is 2.92. The number of carbonyl (C=O) groups is 1. The number of H-pyrrole nitrogens is 1. The highest BCUT2D eigenvalue weighted by molar-refractivity contribution is 9.10. The van der Waals surface area contributed by atoms with Crippen LogP contribution in [-0.2, 0) is 16.0 Å². The van der Waals surface area contributed by atoms with Gasteiger partial charge >= 0.3 is 5.97 Å². The standard InChI is InChI=1S/C9H8BrF2NO3/c1-16-6(14)3-4-2-5(8(11)12)13-9(15)7(4)10/h2,8H,3H2,1H3,(H,13,15). The number of methoxy groups -OCH3 is 1. The number of aromatic nitrogens is 1. The van der Waals surface area contributed by atoms with Gasteiger partial charge in [-0.2, -0.15) is 0 Å². The van der Waals surface area contributed by atoms with Crippen LogP contribution in [0.25, 0.3) is 0 Å². The van der Waals surface area contributed by atoms with E-state index in [2.05, 4.69) is 20.7 Å². The number of esters is 1. The summed E-state index contributed by atoms with van der Waals surface area (Å²) in [7, 11) is 1.18. The molecule has 0 spiro atoms. The quantitative estimate of drug-likeness (QED) is 0.865. The zero-order chi connectivity index (χ0) is 12.3. The summed E-state index contributed by atoms with van der Waals surface area (Å²) in [5.74, 6) is -0.605. The second-order valence-electron chi connectivity index (χ2n) is 2.95. The Morgan fingerprint density at radius 1 is 1.62 bits per heavy atom. The average molecular weight is 296 g/mol. The van der Waals surface area contributed by atoms with Crippen molar-refractivity contribution in [1.29, 1.82) is 0 Å². The van der Waals surface area contributed by atoms with Crippen LogP contribution in [0.1, 0.15) is 17.7 Å². The van der Waals surface area contributed by atoms with Gasteiger partial charge in [0.25, 0.3) is 12.0 Å². The third-order valence-corrected chi connectivity index (χ3v) is 2.74. The van der Waals surface area contributed by atoms with E-state index in [1.54, 1.807) is 0 Å². The molecule has 0 aromatic carbocycles. The van der Waals surface area contributed by atoms with Crippen LogP contribution in [-0.4, -0.2) is 18.1 Å². The smallest absolute Gasteiger partial charge is 0.310 e. The first-order valence-electron chi connectivity index (χ1n) is 4.22. The number of rotatable bonds is 3. The van der Waals surface area contributed by atoms with Gasteiger partial charge in [0.1, 0.15) is 0 Å². The average Bonchev–Trinajstić information content (AvgIpc) is 2.23. The summed E-state index contributed by atoms with van der Waals surface area (Å²) in [5, 5.41) is 0. The normalized spacial score (nSPS) is 10.6. The van der Waals surface area contributed by atoms with Crippen molar-refractivity contribution in [3.63, 3.8) is 0 Å². The van der Waals surface area contributed by atoms with Gasteiger partial charge in [0, 0.05) is 0 Å². The first-order valence-corrected chi connectivity index (χ1v) is 5.01. The zero-order valence-electron chi connectivity index (χ0n) is 8.22. The molecule has 0 aliphatic carbocycles. The fourth-order valence-electron chi connectivity index (χ4n) is 1.09. The topological polar surface area (TPSA) is 59.2 Å². The number of nitrogens with one attached hydrogen (secondary N) is 1. The molecule has 0 saturated carbocycles. The summed E-state index contributed by atoms with van der Waals surface area (Å²) in [6.45, 7) is 0. The summed E-state index contributed by atoms with van der Waals surface area (Å²) < 4.78 is 29.2. The molecule has 1 aromatic heterocycles. The van der Waals surface area contributed by atoms with E-state index in [-0.39, 0.29) is 16.5 Å². The Labute approximate surface area is 97.7 Å². The molecule has 0 aliphatic rings. The lowest BCUT2D eigenvalue weighted by atomic mass is 10.1. The van der Waals surface area contributed by atoms with Crippen molar-refractivity contribution in [3.8, 4) is 0 Å². The maximum absolute atomic E-state index is 12.4. The third kappa shape index (κ3) is 2.88. The van der Waals surface area contributed by atoms with Crippen LogP contribution < -0.4 is 5.56 Å². The molecule has 0 fully saturated rings. The number of carbonyl (C=O) groups excluding carboxylic acids is 1. The van der Waals surface area contributed by atoms with Crippen LogP contribution in [0.2, 0.25) is 0 Å². The van der Waals surface area contributed by atoms with Crippen molar-refractivity contribution in [3.05, 3.63) is 32.2 Å². The molecular weight excluding hydrogens is 288 g/mol. The molecule has 0 unspecified atom stereocenters. The van der Waals surface area contributed by atoms with Gasteiger partial charge < -0.3 is 9.72 Å². The summed E-state index contributed by atoms with van der Waals surface area (Å²) in [6.07, 6.45) is -3.03. The SMILES string of the molecule is COC(=O)Cc1cc(C(F)F)[nH]c(=O)c1Br.